The molecule has 3 amide bonds. The average molecular weight is 352 g/mol. The molecule has 1 N–H and O–H groups in total. The van der Waals surface area contributed by atoms with Crippen molar-refractivity contribution in [1.29, 1.82) is 10.5 Å². The number of nitriles is 2. The maximum absolute atomic E-state index is 13.2. The molecule has 3 rings (SSSR count). The first kappa shape index (κ1) is 17.8. The number of imide groups is 1. The van der Waals surface area contributed by atoms with E-state index in [1.807, 2.05) is 18.2 Å². The molecule has 1 saturated heterocycles. The number of hydrogen-bond donors (Lipinski definition) is 1. The number of aryl methyl sites for hydroxylation is 1. The molecule has 2 atom stereocenters. The van der Waals surface area contributed by atoms with Gasteiger partial charge in [-0.3, -0.25) is 9.69 Å². The zero-order valence-corrected chi connectivity index (χ0v) is 14.6. The number of amides is 3. The van der Waals surface area contributed by atoms with Gasteiger partial charge < -0.3 is 10.1 Å². The maximum Gasteiger partial charge on any atom is 0.325 e. The Bertz CT molecular complexity index is 823. The number of carbonyl (C=O) groups is 2. The van der Waals surface area contributed by atoms with Gasteiger partial charge in [-0.05, 0) is 48.9 Å². The van der Waals surface area contributed by atoms with Crippen molar-refractivity contribution in [2.24, 2.45) is 5.92 Å². The van der Waals surface area contributed by atoms with E-state index < -0.39 is 17.5 Å². The van der Waals surface area contributed by atoms with Gasteiger partial charge in [0.1, 0.15) is 11.3 Å². The summed E-state index contributed by atoms with van der Waals surface area (Å²) in [5, 5.41) is 20.8. The van der Waals surface area contributed by atoms with Crippen LogP contribution in [0, 0.1) is 28.6 Å². The van der Waals surface area contributed by atoms with Crippen LogP contribution in [-0.2, 0) is 16.8 Å². The molecule has 26 heavy (non-hydrogen) atoms. The molecule has 1 aromatic carbocycles. The van der Waals surface area contributed by atoms with E-state index in [1.54, 1.807) is 13.2 Å². The van der Waals surface area contributed by atoms with E-state index in [0.29, 0.717) is 12.8 Å². The summed E-state index contributed by atoms with van der Waals surface area (Å²) >= 11 is 0. The van der Waals surface area contributed by atoms with E-state index in [4.69, 9.17) is 10.00 Å². The van der Waals surface area contributed by atoms with Crippen LogP contribution in [0.5, 0.6) is 5.75 Å². The summed E-state index contributed by atoms with van der Waals surface area (Å²) in [4.78, 5) is 26.8. The smallest absolute Gasteiger partial charge is 0.325 e. The summed E-state index contributed by atoms with van der Waals surface area (Å²) in [6.45, 7) is 0.0100. The van der Waals surface area contributed by atoms with Crippen molar-refractivity contribution in [3.63, 3.8) is 0 Å². The van der Waals surface area contributed by atoms with Crippen LogP contribution >= 0.6 is 0 Å². The molecular formula is C19H20N4O3. The standard InChI is InChI=1S/C19H20N4O3/c1-26-15-6-7-16-14(10-15)5-2-8-19(16)17(24)23(18(25)22-19)12-13(11-21)4-3-9-20/h6-7,10,13H,2-5,8,12H2,1H3,(H,22,25). The number of nitrogens with one attached hydrogen (secondary N) is 1. The first-order valence-corrected chi connectivity index (χ1v) is 8.64. The second-order valence-electron chi connectivity index (χ2n) is 6.65. The van der Waals surface area contributed by atoms with Crippen LogP contribution in [0.3, 0.4) is 0 Å². The number of benzene rings is 1. The lowest BCUT2D eigenvalue weighted by Gasteiger charge is -2.33. The molecule has 1 aliphatic carbocycles. The van der Waals surface area contributed by atoms with Crippen LogP contribution < -0.4 is 10.1 Å². The molecule has 0 radical (unpaired) electrons. The van der Waals surface area contributed by atoms with Crippen LogP contribution in [0.25, 0.3) is 0 Å². The van der Waals surface area contributed by atoms with Crippen LogP contribution in [-0.4, -0.2) is 30.5 Å². The number of hydrogen-bond acceptors (Lipinski definition) is 5. The first-order chi connectivity index (χ1) is 12.6. The minimum atomic E-state index is -1.06. The van der Waals surface area contributed by atoms with Crippen molar-refractivity contribution >= 4 is 11.9 Å². The van der Waals surface area contributed by atoms with E-state index in [1.165, 1.54) is 0 Å². The number of ether oxygens (including phenoxy) is 1. The van der Waals surface area contributed by atoms with E-state index in [-0.39, 0.29) is 18.9 Å². The molecule has 2 unspecified atom stereocenters. The van der Waals surface area contributed by atoms with E-state index >= 15 is 0 Å². The van der Waals surface area contributed by atoms with E-state index in [9.17, 15) is 14.9 Å². The summed E-state index contributed by atoms with van der Waals surface area (Å²) in [5.41, 5.74) is 0.731. The Balaban J connectivity index is 1.90. The van der Waals surface area contributed by atoms with Gasteiger partial charge in [0.2, 0.25) is 0 Å². The van der Waals surface area contributed by atoms with Crippen molar-refractivity contribution in [1.82, 2.24) is 10.2 Å². The summed E-state index contributed by atoms with van der Waals surface area (Å²) in [5.74, 6) is -0.139. The van der Waals surface area contributed by atoms with Gasteiger partial charge in [-0.25, -0.2) is 4.79 Å². The van der Waals surface area contributed by atoms with Gasteiger partial charge in [-0.1, -0.05) is 6.07 Å². The fourth-order valence-electron chi connectivity index (χ4n) is 3.80. The highest BCUT2D eigenvalue weighted by Crippen LogP contribution is 2.41. The number of carbonyl (C=O) groups excluding carboxylic acids is 2. The first-order valence-electron chi connectivity index (χ1n) is 8.64. The van der Waals surface area contributed by atoms with Gasteiger partial charge in [0.15, 0.2) is 0 Å². The molecule has 7 heteroatoms. The lowest BCUT2D eigenvalue weighted by atomic mass is 9.76. The molecule has 1 aromatic rings. The summed E-state index contributed by atoms with van der Waals surface area (Å²) < 4.78 is 5.26. The Morgan fingerprint density at radius 3 is 2.88 bits per heavy atom. The SMILES string of the molecule is COc1ccc2c(c1)CCCC21NC(=O)N(CC(C#N)CCC#N)C1=O. The number of methoxy groups -OCH3 is 1. The Labute approximate surface area is 152 Å². The van der Waals surface area contributed by atoms with Crippen LogP contribution in [0.4, 0.5) is 4.79 Å². The van der Waals surface area contributed by atoms with Gasteiger partial charge >= 0.3 is 6.03 Å². The average Bonchev–Trinajstić information content (AvgIpc) is 2.89. The molecule has 0 aromatic heterocycles. The highest BCUT2D eigenvalue weighted by Gasteiger charge is 2.54. The lowest BCUT2D eigenvalue weighted by molar-refractivity contribution is -0.132. The predicted octanol–water partition coefficient (Wildman–Crippen LogP) is 2.22. The third-order valence-corrected chi connectivity index (χ3v) is 5.14. The van der Waals surface area contributed by atoms with Crippen LogP contribution in [0.2, 0.25) is 0 Å². The number of rotatable bonds is 5. The topological polar surface area (TPSA) is 106 Å². The van der Waals surface area contributed by atoms with Crippen LogP contribution in [0.15, 0.2) is 18.2 Å². The molecule has 0 saturated carbocycles. The monoisotopic (exact) mass is 352 g/mol. The van der Waals surface area contributed by atoms with E-state index in [0.717, 1.165) is 34.6 Å². The third kappa shape index (κ3) is 2.86. The molecule has 134 valence electrons. The normalized spacial score (nSPS) is 22.3. The molecular weight excluding hydrogens is 332 g/mol. The maximum atomic E-state index is 13.2. The van der Waals surface area contributed by atoms with Gasteiger partial charge in [0.05, 0.1) is 25.2 Å². The van der Waals surface area contributed by atoms with Gasteiger partial charge in [0.25, 0.3) is 5.91 Å². The van der Waals surface area contributed by atoms with Crippen molar-refractivity contribution in [2.75, 3.05) is 13.7 Å². The van der Waals surface area contributed by atoms with E-state index in [2.05, 4.69) is 11.4 Å². The molecule has 1 heterocycles. The second kappa shape index (κ2) is 7.05. The Morgan fingerprint density at radius 1 is 1.38 bits per heavy atom. The van der Waals surface area contributed by atoms with Crippen molar-refractivity contribution < 1.29 is 14.3 Å². The Hall–Kier alpha value is -3.06. The lowest BCUT2D eigenvalue weighted by Crippen LogP contribution is -2.46. The third-order valence-electron chi connectivity index (χ3n) is 5.14. The molecule has 1 aliphatic heterocycles. The fourth-order valence-corrected chi connectivity index (χ4v) is 3.80. The predicted molar refractivity (Wildman–Crippen MR) is 91.8 cm³/mol. The number of fused-ring (bicyclic) bond motifs is 2. The molecule has 1 spiro atoms. The largest absolute Gasteiger partial charge is 0.497 e. The summed E-state index contributed by atoms with van der Waals surface area (Å²) in [7, 11) is 1.59. The number of nitrogens with zero attached hydrogens (tertiary/aromatic N) is 3. The minimum absolute atomic E-state index is 0.0100. The zero-order chi connectivity index (χ0) is 18.7. The number of urea groups is 1. The Morgan fingerprint density at radius 2 is 2.19 bits per heavy atom. The van der Waals surface area contributed by atoms with Crippen molar-refractivity contribution in [3.05, 3.63) is 29.3 Å². The van der Waals surface area contributed by atoms with Gasteiger partial charge in [-0.15, -0.1) is 0 Å². The molecule has 1 fully saturated rings. The highest BCUT2D eigenvalue weighted by atomic mass is 16.5. The fraction of sp³-hybridized carbons (Fsp3) is 0.474. The summed E-state index contributed by atoms with van der Waals surface area (Å²) in [6.07, 6.45) is 2.68. The minimum Gasteiger partial charge on any atom is -0.497 e. The van der Waals surface area contributed by atoms with Crippen LogP contribution in [0.1, 0.15) is 36.8 Å². The van der Waals surface area contributed by atoms with Gasteiger partial charge in [0, 0.05) is 13.0 Å². The highest BCUT2D eigenvalue weighted by molar-refractivity contribution is 6.07. The molecule has 0 bridgehead atoms. The van der Waals surface area contributed by atoms with Crippen molar-refractivity contribution in [2.45, 2.75) is 37.6 Å². The molecule has 2 aliphatic rings. The zero-order valence-electron chi connectivity index (χ0n) is 14.6. The second-order valence-corrected chi connectivity index (χ2v) is 6.65. The van der Waals surface area contributed by atoms with Gasteiger partial charge in [-0.2, -0.15) is 10.5 Å². The Kier molecular flexibility index (Phi) is 4.81. The van der Waals surface area contributed by atoms with Crippen molar-refractivity contribution in [3.8, 4) is 17.9 Å². The molecule has 7 nitrogen and oxygen atoms in total. The summed E-state index contributed by atoms with van der Waals surface area (Å²) in [6, 6.07) is 9.14. The quantitative estimate of drug-likeness (QED) is 0.818.